The van der Waals surface area contributed by atoms with Crippen LogP contribution >= 0.6 is 15.9 Å². The summed E-state index contributed by atoms with van der Waals surface area (Å²) in [6.45, 7) is 0. The normalized spacial score (nSPS) is 14.4. The number of aliphatic carboxylic acids is 1. The van der Waals surface area contributed by atoms with E-state index >= 15 is 0 Å². The molecule has 0 bridgehead atoms. The summed E-state index contributed by atoms with van der Waals surface area (Å²) in [5.41, 5.74) is 0.929. The molecule has 0 heterocycles. The van der Waals surface area contributed by atoms with E-state index in [-0.39, 0.29) is 6.04 Å². The van der Waals surface area contributed by atoms with E-state index in [0.717, 1.165) is 10.0 Å². The maximum Gasteiger partial charge on any atom is 0.322 e. The Morgan fingerprint density at radius 3 is 2.50 bits per heavy atom. The Hall–Kier alpha value is -0.910. The number of hydrogen-bond acceptors (Lipinski definition) is 3. The second-order valence-corrected chi connectivity index (χ2v) is 4.34. The van der Waals surface area contributed by atoms with Gasteiger partial charge in [0.25, 0.3) is 0 Å². The van der Waals surface area contributed by atoms with Crippen LogP contribution in [0.3, 0.4) is 0 Å². The first-order valence-electron chi connectivity index (χ1n) is 4.93. The third kappa shape index (κ3) is 3.04. The summed E-state index contributed by atoms with van der Waals surface area (Å²) in [6, 6.07) is 6.69. The largest absolute Gasteiger partial charge is 0.480 e. The molecule has 0 aliphatic rings. The molecule has 5 heteroatoms. The van der Waals surface area contributed by atoms with E-state index in [4.69, 9.17) is 5.11 Å². The Kier molecular flexibility index (Phi) is 4.92. The van der Waals surface area contributed by atoms with E-state index in [1.54, 1.807) is 14.1 Å². The molecule has 1 rings (SSSR count). The van der Waals surface area contributed by atoms with Gasteiger partial charge in [0.15, 0.2) is 0 Å². The fourth-order valence-corrected chi connectivity index (χ4v) is 2.08. The lowest BCUT2D eigenvalue weighted by atomic mass is 10.00. The highest BCUT2D eigenvalue weighted by molar-refractivity contribution is 9.10. The number of likely N-dealkylation sites (N-methyl/N-ethyl adjacent to an activating group) is 2. The number of hydrogen-bond donors (Lipinski definition) is 3. The second-order valence-electron chi connectivity index (χ2n) is 3.43. The van der Waals surface area contributed by atoms with Crippen molar-refractivity contribution in [2.45, 2.75) is 12.1 Å². The summed E-state index contributed by atoms with van der Waals surface area (Å²) in [5, 5.41) is 14.9. The van der Waals surface area contributed by atoms with Crippen molar-refractivity contribution in [1.82, 2.24) is 10.6 Å². The first-order chi connectivity index (χ1) is 7.60. The first-order valence-corrected chi connectivity index (χ1v) is 5.72. The zero-order chi connectivity index (χ0) is 12.1. The predicted octanol–water partition coefficient (Wildman–Crippen LogP) is 1.38. The molecule has 0 amide bonds. The SMILES string of the molecule is CNC(C(=O)O)C(NC)c1cccc(Br)c1. The minimum atomic E-state index is -0.873. The molecule has 2 unspecified atom stereocenters. The summed E-state index contributed by atoms with van der Waals surface area (Å²) in [4.78, 5) is 11.1. The molecule has 4 nitrogen and oxygen atoms in total. The standard InChI is InChI=1S/C11H15BrN2O2/c1-13-9(10(14-2)11(15)16)7-4-3-5-8(12)6-7/h3-6,9-10,13-14H,1-2H3,(H,15,16). The lowest BCUT2D eigenvalue weighted by molar-refractivity contribution is -0.140. The van der Waals surface area contributed by atoms with Crippen molar-refractivity contribution in [3.8, 4) is 0 Å². The highest BCUT2D eigenvalue weighted by atomic mass is 79.9. The molecule has 2 atom stereocenters. The molecule has 3 N–H and O–H groups in total. The van der Waals surface area contributed by atoms with Crippen LogP contribution in [0.5, 0.6) is 0 Å². The number of rotatable bonds is 5. The zero-order valence-corrected chi connectivity index (χ0v) is 10.8. The van der Waals surface area contributed by atoms with Gasteiger partial charge in [0.1, 0.15) is 6.04 Å². The molecule has 0 spiro atoms. The number of carboxylic acid groups (broad SMARTS) is 1. The number of nitrogens with one attached hydrogen (secondary N) is 2. The molecule has 0 aromatic heterocycles. The fourth-order valence-electron chi connectivity index (χ4n) is 1.66. The van der Waals surface area contributed by atoms with Gasteiger partial charge in [-0.05, 0) is 31.8 Å². The van der Waals surface area contributed by atoms with Crippen molar-refractivity contribution in [3.63, 3.8) is 0 Å². The topological polar surface area (TPSA) is 61.4 Å². The van der Waals surface area contributed by atoms with Gasteiger partial charge >= 0.3 is 5.97 Å². The molecule has 0 aliphatic carbocycles. The van der Waals surface area contributed by atoms with E-state index in [9.17, 15) is 4.79 Å². The van der Waals surface area contributed by atoms with Crippen LogP contribution in [0, 0.1) is 0 Å². The molecule has 0 fully saturated rings. The van der Waals surface area contributed by atoms with E-state index in [2.05, 4.69) is 26.6 Å². The van der Waals surface area contributed by atoms with E-state index in [0.29, 0.717) is 0 Å². The van der Waals surface area contributed by atoms with Gasteiger partial charge in [0.2, 0.25) is 0 Å². The molecule has 1 aromatic rings. The maximum absolute atomic E-state index is 11.1. The molecule has 0 saturated carbocycles. The third-order valence-corrected chi connectivity index (χ3v) is 2.92. The van der Waals surface area contributed by atoms with Crippen LogP contribution in [0.1, 0.15) is 11.6 Å². The van der Waals surface area contributed by atoms with Gasteiger partial charge in [-0.2, -0.15) is 0 Å². The Morgan fingerprint density at radius 2 is 2.06 bits per heavy atom. The van der Waals surface area contributed by atoms with Gasteiger partial charge in [0, 0.05) is 4.47 Å². The van der Waals surface area contributed by atoms with Gasteiger partial charge in [-0.3, -0.25) is 4.79 Å². The Morgan fingerprint density at radius 1 is 1.38 bits per heavy atom. The summed E-state index contributed by atoms with van der Waals surface area (Å²) in [6.07, 6.45) is 0. The number of carbonyl (C=O) groups is 1. The lowest BCUT2D eigenvalue weighted by Crippen LogP contribution is -2.44. The number of carboxylic acids is 1. The van der Waals surface area contributed by atoms with Crippen molar-refractivity contribution < 1.29 is 9.90 Å². The molecule has 16 heavy (non-hydrogen) atoms. The van der Waals surface area contributed by atoms with Crippen LogP contribution in [-0.2, 0) is 4.79 Å². The molecule has 1 aromatic carbocycles. The number of halogens is 1. The maximum atomic E-state index is 11.1. The van der Waals surface area contributed by atoms with Gasteiger partial charge < -0.3 is 15.7 Å². The summed E-state index contributed by atoms with van der Waals surface area (Å²) in [7, 11) is 3.39. The highest BCUT2D eigenvalue weighted by Gasteiger charge is 2.26. The van der Waals surface area contributed by atoms with Gasteiger partial charge in [-0.25, -0.2) is 0 Å². The smallest absolute Gasteiger partial charge is 0.322 e. The van der Waals surface area contributed by atoms with Gasteiger partial charge in [-0.15, -0.1) is 0 Å². The zero-order valence-electron chi connectivity index (χ0n) is 9.20. The second kappa shape index (κ2) is 5.98. The predicted molar refractivity (Wildman–Crippen MR) is 66.4 cm³/mol. The summed E-state index contributed by atoms with van der Waals surface area (Å²) >= 11 is 3.37. The highest BCUT2D eigenvalue weighted by Crippen LogP contribution is 2.20. The summed E-state index contributed by atoms with van der Waals surface area (Å²) < 4.78 is 0.936. The monoisotopic (exact) mass is 286 g/mol. The molecule has 0 aliphatic heterocycles. The van der Waals surface area contributed by atoms with Crippen molar-refractivity contribution in [2.75, 3.05) is 14.1 Å². The van der Waals surface area contributed by atoms with Crippen molar-refractivity contribution in [2.24, 2.45) is 0 Å². The van der Waals surface area contributed by atoms with Crippen LogP contribution < -0.4 is 10.6 Å². The van der Waals surface area contributed by atoms with Crippen molar-refractivity contribution in [1.29, 1.82) is 0 Å². The van der Waals surface area contributed by atoms with E-state index in [1.807, 2.05) is 24.3 Å². The first kappa shape index (κ1) is 13.2. The molecule has 0 radical (unpaired) electrons. The van der Waals surface area contributed by atoms with Gasteiger partial charge in [-0.1, -0.05) is 28.1 Å². The molecular formula is C11H15BrN2O2. The van der Waals surface area contributed by atoms with Crippen LogP contribution in [0.15, 0.2) is 28.7 Å². The average molecular weight is 287 g/mol. The molecule has 88 valence electrons. The minimum absolute atomic E-state index is 0.264. The Labute approximate surface area is 103 Å². The average Bonchev–Trinajstić information content (AvgIpc) is 2.25. The fraction of sp³-hybridized carbons (Fsp3) is 0.364. The number of benzene rings is 1. The van der Waals surface area contributed by atoms with Crippen LogP contribution in [0.2, 0.25) is 0 Å². The summed E-state index contributed by atoms with van der Waals surface area (Å²) in [5.74, 6) is -0.873. The Balaban J connectivity index is 3.01. The lowest BCUT2D eigenvalue weighted by Gasteiger charge is -2.23. The van der Waals surface area contributed by atoms with Crippen molar-refractivity contribution in [3.05, 3.63) is 34.3 Å². The Bertz CT molecular complexity index is 371. The molecule has 0 saturated heterocycles. The third-order valence-electron chi connectivity index (χ3n) is 2.43. The van der Waals surface area contributed by atoms with Crippen LogP contribution in [0.25, 0.3) is 0 Å². The van der Waals surface area contributed by atoms with Crippen molar-refractivity contribution >= 4 is 21.9 Å². The van der Waals surface area contributed by atoms with Gasteiger partial charge in [0.05, 0.1) is 6.04 Å². The molecular weight excluding hydrogens is 272 g/mol. The van der Waals surface area contributed by atoms with E-state index in [1.165, 1.54) is 0 Å². The van der Waals surface area contributed by atoms with Crippen LogP contribution in [-0.4, -0.2) is 31.2 Å². The minimum Gasteiger partial charge on any atom is -0.480 e. The quantitative estimate of drug-likeness (QED) is 0.765. The van der Waals surface area contributed by atoms with Crippen LogP contribution in [0.4, 0.5) is 0 Å². The van der Waals surface area contributed by atoms with E-state index < -0.39 is 12.0 Å².